The van der Waals surface area contributed by atoms with Crippen molar-refractivity contribution in [3.63, 3.8) is 0 Å². The van der Waals surface area contributed by atoms with E-state index in [2.05, 4.69) is 0 Å². The number of phenolic OH excluding ortho intramolecular Hbond substituents is 3. The first-order valence-electron chi connectivity index (χ1n) is 7.35. The summed E-state index contributed by atoms with van der Waals surface area (Å²) in [6, 6.07) is 7.80. The molecule has 1 unspecified atom stereocenters. The number of Topliss-reactive ketones (excluding diaryl/α,β-unsaturated/α-hetero) is 1. The van der Waals surface area contributed by atoms with Crippen molar-refractivity contribution in [3.05, 3.63) is 47.5 Å². The Kier molecular flexibility index (Phi) is 5.37. The molecular formula is C16H18NO7P. The summed E-state index contributed by atoms with van der Waals surface area (Å²) in [7, 11) is -4.77. The molecule has 8 nitrogen and oxygen atoms in total. The number of phenols is 3. The van der Waals surface area contributed by atoms with E-state index in [9.17, 15) is 24.7 Å². The largest absolute Gasteiger partial charge is 0.508 e. The summed E-state index contributed by atoms with van der Waals surface area (Å²) in [5.74, 6) is -2.32. The number of rotatable bonds is 6. The second-order valence-electron chi connectivity index (χ2n) is 5.46. The molecule has 0 heterocycles. The van der Waals surface area contributed by atoms with Crippen LogP contribution in [0.4, 0.5) is 5.69 Å². The molecule has 2 aromatic carbocycles. The van der Waals surface area contributed by atoms with Crippen LogP contribution in [-0.2, 0) is 4.57 Å². The number of hydrogen-bond donors (Lipinski definition) is 6. The lowest BCUT2D eigenvalue weighted by atomic mass is 9.87. The summed E-state index contributed by atoms with van der Waals surface area (Å²) in [4.78, 5) is 31.1. The van der Waals surface area contributed by atoms with Gasteiger partial charge in [-0.25, -0.2) is 4.57 Å². The first-order valence-corrected chi connectivity index (χ1v) is 8.96. The Morgan fingerprint density at radius 2 is 1.68 bits per heavy atom. The fourth-order valence-electron chi connectivity index (χ4n) is 2.57. The van der Waals surface area contributed by atoms with Crippen LogP contribution in [0.25, 0.3) is 0 Å². The first-order chi connectivity index (χ1) is 11.6. The van der Waals surface area contributed by atoms with E-state index < -0.39 is 30.9 Å². The van der Waals surface area contributed by atoms with Crippen LogP contribution in [0, 0.1) is 0 Å². The van der Waals surface area contributed by atoms with E-state index in [4.69, 9.17) is 9.79 Å². The van der Waals surface area contributed by atoms with Gasteiger partial charge in [-0.05, 0) is 24.1 Å². The highest BCUT2D eigenvalue weighted by molar-refractivity contribution is 7.53. The van der Waals surface area contributed by atoms with Crippen LogP contribution in [0.1, 0.15) is 35.2 Å². The molecule has 25 heavy (non-hydrogen) atoms. The number of benzene rings is 2. The van der Waals surface area contributed by atoms with Gasteiger partial charge in [0.1, 0.15) is 17.2 Å². The van der Waals surface area contributed by atoms with Crippen LogP contribution in [0.2, 0.25) is 0 Å². The van der Waals surface area contributed by atoms with Crippen molar-refractivity contribution in [3.8, 4) is 17.2 Å². The first kappa shape index (κ1) is 18.8. The van der Waals surface area contributed by atoms with Crippen LogP contribution in [-0.4, -0.2) is 30.9 Å². The Balaban J connectivity index is 2.53. The minimum absolute atomic E-state index is 0.0300. The van der Waals surface area contributed by atoms with Gasteiger partial charge in [0.25, 0.3) is 0 Å². The quantitative estimate of drug-likeness (QED) is 0.337. The molecule has 0 radical (unpaired) electrons. The van der Waals surface area contributed by atoms with Crippen molar-refractivity contribution in [2.75, 3.05) is 5.09 Å². The van der Waals surface area contributed by atoms with Crippen LogP contribution in [0.5, 0.6) is 17.2 Å². The van der Waals surface area contributed by atoms with E-state index in [-0.39, 0.29) is 17.0 Å². The van der Waals surface area contributed by atoms with E-state index in [1.165, 1.54) is 12.1 Å². The number of hydrogen-bond acceptors (Lipinski definition) is 5. The fourth-order valence-corrected chi connectivity index (χ4v) is 3.06. The summed E-state index contributed by atoms with van der Waals surface area (Å²) in [6.07, 6.45) is 0.347. The smallest absolute Gasteiger partial charge is 0.427 e. The van der Waals surface area contributed by atoms with Gasteiger partial charge in [0.15, 0.2) is 5.78 Å². The molecule has 0 saturated heterocycles. The standard InChI is InChI=1S/C16H18NO7P/c1-2-12(9-3-5-10(18)6-4-9)16(21)15-13(17-25(22,23)24)7-11(19)8-14(15)20/h3-8,12,18-20H,2H2,1H3,(H3,17,22,23,24). The normalized spacial score (nSPS) is 12.6. The molecule has 1 atom stereocenters. The summed E-state index contributed by atoms with van der Waals surface area (Å²) >= 11 is 0. The molecule has 0 spiro atoms. The Morgan fingerprint density at radius 3 is 2.20 bits per heavy atom. The fraction of sp³-hybridized carbons (Fsp3) is 0.188. The number of aromatic hydroxyl groups is 3. The molecule has 0 aliphatic rings. The zero-order chi connectivity index (χ0) is 18.8. The number of nitrogens with one attached hydrogen (secondary N) is 1. The lowest BCUT2D eigenvalue weighted by Crippen LogP contribution is -2.14. The van der Waals surface area contributed by atoms with Gasteiger partial charge in [0, 0.05) is 18.1 Å². The highest BCUT2D eigenvalue weighted by Gasteiger charge is 2.28. The molecule has 9 heteroatoms. The van der Waals surface area contributed by atoms with Crippen LogP contribution < -0.4 is 5.09 Å². The van der Waals surface area contributed by atoms with E-state index >= 15 is 0 Å². The SMILES string of the molecule is CCC(C(=O)c1c(O)cc(O)cc1NP(=O)(O)O)c1ccc(O)cc1. The van der Waals surface area contributed by atoms with Gasteiger partial charge in [0.2, 0.25) is 0 Å². The van der Waals surface area contributed by atoms with Crippen molar-refractivity contribution >= 4 is 19.2 Å². The maximum Gasteiger partial charge on any atom is 0.427 e. The van der Waals surface area contributed by atoms with E-state index in [0.29, 0.717) is 12.0 Å². The van der Waals surface area contributed by atoms with Crippen molar-refractivity contribution in [1.29, 1.82) is 0 Å². The Labute approximate surface area is 143 Å². The van der Waals surface area contributed by atoms with E-state index in [1.54, 1.807) is 19.1 Å². The molecule has 0 saturated carbocycles. The van der Waals surface area contributed by atoms with Gasteiger partial charge in [-0.3, -0.25) is 9.88 Å². The van der Waals surface area contributed by atoms with Gasteiger partial charge in [-0.15, -0.1) is 0 Å². The Morgan fingerprint density at radius 1 is 1.08 bits per heavy atom. The monoisotopic (exact) mass is 367 g/mol. The minimum atomic E-state index is -4.77. The molecule has 2 aromatic rings. The average Bonchev–Trinajstić information content (AvgIpc) is 2.47. The molecule has 6 N–H and O–H groups in total. The molecule has 0 aliphatic heterocycles. The molecule has 0 aliphatic carbocycles. The highest BCUT2D eigenvalue weighted by atomic mass is 31.2. The molecule has 0 amide bonds. The predicted molar refractivity (Wildman–Crippen MR) is 90.9 cm³/mol. The molecule has 0 fully saturated rings. The molecule has 2 rings (SSSR count). The van der Waals surface area contributed by atoms with Crippen molar-refractivity contribution < 1.29 is 34.5 Å². The average molecular weight is 367 g/mol. The zero-order valence-electron chi connectivity index (χ0n) is 13.2. The molecule has 0 aromatic heterocycles. The lowest BCUT2D eigenvalue weighted by Gasteiger charge is -2.19. The number of ketones is 1. The number of carbonyl (C=O) groups excluding carboxylic acids is 1. The lowest BCUT2D eigenvalue weighted by molar-refractivity contribution is 0.0955. The number of carbonyl (C=O) groups is 1. The predicted octanol–water partition coefficient (Wildman–Crippen LogP) is 2.68. The second kappa shape index (κ2) is 7.14. The van der Waals surface area contributed by atoms with Crippen molar-refractivity contribution in [1.82, 2.24) is 0 Å². The maximum absolute atomic E-state index is 12.9. The van der Waals surface area contributed by atoms with Crippen molar-refractivity contribution in [2.45, 2.75) is 19.3 Å². The highest BCUT2D eigenvalue weighted by Crippen LogP contribution is 2.42. The third-order valence-corrected chi connectivity index (χ3v) is 4.17. The Hall–Kier alpha value is -2.54. The molecular weight excluding hydrogens is 349 g/mol. The Bertz CT molecular complexity index is 829. The van der Waals surface area contributed by atoms with Gasteiger partial charge >= 0.3 is 7.75 Å². The maximum atomic E-state index is 12.9. The molecule has 134 valence electrons. The molecule has 0 bridgehead atoms. The van der Waals surface area contributed by atoms with Gasteiger partial charge in [-0.1, -0.05) is 19.1 Å². The second-order valence-corrected chi connectivity index (χ2v) is 6.77. The summed E-state index contributed by atoms with van der Waals surface area (Å²) in [6.45, 7) is 1.74. The third-order valence-electron chi connectivity index (χ3n) is 3.63. The third kappa shape index (κ3) is 4.51. The summed E-state index contributed by atoms with van der Waals surface area (Å²) < 4.78 is 11.2. The minimum Gasteiger partial charge on any atom is -0.508 e. The van der Waals surface area contributed by atoms with Crippen molar-refractivity contribution in [2.24, 2.45) is 0 Å². The van der Waals surface area contributed by atoms with Crippen LogP contribution in [0.15, 0.2) is 36.4 Å². The van der Waals surface area contributed by atoms with E-state index in [1.807, 2.05) is 5.09 Å². The zero-order valence-corrected chi connectivity index (χ0v) is 14.1. The van der Waals surface area contributed by atoms with Gasteiger partial charge < -0.3 is 25.1 Å². The van der Waals surface area contributed by atoms with Crippen LogP contribution >= 0.6 is 7.75 Å². The summed E-state index contributed by atoms with van der Waals surface area (Å²) in [5.41, 5.74) is -0.131. The van der Waals surface area contributed by atoms with E-state index in [0.717, 1.165) is 12.1 Å². The topological polar surface area (TPSA) is 147 Å². The number of anilines is 1. The summed E-state index contributed by atoms with van der Waals surface area (Å²) in [5, 5.41) is 30.8. The van der Waals surface area contributed by atoms with Gasteiger partial charge in [-0.2, -0.15) is 0 Å². The van der Waals surface area contributed by atoms with Crippen LogP contribution in [0.3, 0.4) is 0 Å². The van der Waals surface area contributed by atoms with Gasteiger partial charge in [0.05, 0.1) is 11.3 Å².